The van der Waals surface area contributed by atoms with Crippen molar-refractivity contribution >= 4 is 14.0 Å². The van der Waals surface area contributed by atoms with Crippen LogP contribution >= 0.6 is 0 Å². The molecule has 2 aromatic carbocycles. The molecule has 2 N–H and O–H groups in total. The first-order valence-electron chi connectivity index (χ1n) is 12.5. The quantitative estimate of drug-likeness (QED) is 0.375. The molecule has 1 aliphatic rings. The highest BCUT2D eigenvalue weighted by molar-refractivity contribution is 6.76. The fraction of sp³-hybridized carbons (Fsp3) is 0.464. The first-order valence-corrected chi connectivity index (χ1v) is 16.2. The maximum atomic E-state index is 13.7. The summed E-state index contributed by atoms with van der Waals surface area (Å²) in [5, 5.41) is 18.8. The third-order valence-corrected chi connectivity index (χ3v) is 7.62. The van der Waals surface area contributed by atoms with Gasteiger partial charge in [-0.05, 0) is 30.9 Å². The number of nitrogens with zero attached hydrogens (tertiary/aromatic N) is 2. The maximum Gasteiger partial charge on any atom is 0.243 e. The van der Waals surface area contributed by atoms with Crippen LogP contribution in [0.3, 0.4) is 0 Å². The minimum atomic E-state index is -1.53. The van der Waals surface area contributed by atoms with Crippen LogP contribution in [0, 0.1) is 0 Å². The molecule has 1 heterocycles. The molecule has 1 amide bonds. The zero-order chi connectivity index (χ0) is 24.7. The van der Waals surface area contributed by atoms with Gasteiger partial charge in [-0.3, -0.25) is 4.79 Å². The van der Waals surface area contributed by atoms with Gasteiger partial charge in [-0.1, -0.05) is 99.4 Å². The zero-order valence-corrected chi connectivity index (χ0v) is 22.3. The molecule has 0 saturated heterocycles. The van der Waals surface area contributed by atoms with Gasteiger partial charge in [0.25, 0.3) is 0 Å². The Hall–Kier alpha value is -2.25. The summed E-state index contributed by atoms with van der Waals surface area (Å²) in [6.45, 7) is 11.8. The van der Waals surface area contributed by atoms with Crippen molar-refractivity contribution in [2.24, 2.45) is 0 Å². The molecule has 0 unspecified atom stereocenters. The van der Waals surface area contributed by atoms with Crippen molar-refractivity contribution in [2.75, 3.05) is 6.17 Å². The summed E-state index contributed by atoms with van der Waals surface area (Å²) < 4.78 is 0. The number of rotatable bonds is 10. The highest BCUT2D eigenvalue weighted by Gasteiger charge is 2.40. The van der Waals surface area contributed by atoms with Gasteiger partial charge in [0.05, 0.1) is 26.3 Å². The van der Waals surface area contributed by atoms with Crippen molar-refractivity contribution in [1.29, 1.82) is 0 Å². The topological polar surface area (TPSA) is 55.8 Å². The number of amides is 1. The Bertz CT molecular complexity index is 930. The predicted molar refractivity (Wildman–Crippen MR) is 143 cm³/mol. The van der Waals surface area contributed by atoms with Crippen LogP contribution in [0.4, 0.5) is 0 Å². The molecule has 0 radical (unpaired) electrons. The lowest BCUT2D eigenvalue weighted by atomic mass is 9.97. The number of carbonyl (C=O) groups is 1. The number of hydrogen-bond donors (Lipinski definition) is 2. The SMILES string of the molecule is CC[C@H](O)[C@@H]1CC=C[C@H](C(=O)N[C@H](C)c2ccccc2)N1N(Cc1ccccc1)C[Si](C)(C)C. The summed E-state index contributed by atoms with van der Waals surface area (Å²) in [6, 6.07) is 19.8. The second-order valence-electron chi connectivity index (χ2n) is 10.5. The number of benzene rings is 2. The lowest BCUT2D eigenvalue weighted by Gasteiger charge is -2.48. The fourth-order valence-corrected chi connectivity index (χ4v) is 6.00. The summed E-state index contributed by atoms with van der Waals surface area (Å²) in [5.41, 5.74) is 2.28. The number of hydrazine groups is 1. The molecule has 0 spiro atoms. The van der Waals surface area contributed by atoms with Gasteiger partial charge >= 0.3 is 0 Å². The minimum absolute atomic E-state index is 0.0331. The van der Waals surface area contributed by atoms with Gasteiger partial charge in [0, 0.05) is 12.7 Å². The lowest BCUT2D eigenvalue weighted by molar-refractivity contribution is -0.148. The summed E-state index contributed by atoms with van der Waals surface area (Å²) in [7, 11) is -1.53. The molecule has 0 saturated carbocycles. The van der Waals surface area contributed by atoms with Crippen molar-refractivity contribution < 1.29 is 9.90 Å². The first-order chi connectivity index (χ1) is 16.2. The van der Waals surface area contributed by atoms with Gasteiger partial charge in [0.15, 0.2) is 0 Å². The van der Waals surface area contributed by atoms with E-state index >= 15 is 0 Å². The molecule has 2 aromatic rings. The van der Waals surface area contributed by atoms with E-state index in [-0.39, 0.29) is 18.0 Å². The molecule has 0 fully saturated rings. The molecule has 184 valence electrons. The summed E-state index contributed by atoms with van der Waals surface area (Å²) >= 11 is 0. The van der Waals surface area contributed by atoms with Crippen LogP contribution in [0.1, 0.15) is 43.9 Å². The largest absolute Gasteiger partial charge is 0.391 e. The molecular formula is C28H41N3O2Si. The van der Waals surface area contributed by atoms with Crippen LogP contribution in [0.5, 0.6) is 0 Å². The zero-order valence-electron chi connectivity index (χ0n) is 21.3. The van der Waals surface area contributed by atoms with Gasteiger partial charge in [-0.25, -0.2) is 10.0 Å². The van der Waals surface area contributed by atoms with Crippen LogP contribution in [0.25, 0.3) is 0 Å². The Labute approximate surface area is 206 Å². The minimum Gasteiger partial charge on any atom is -0.391 e. The van der Waals surface area contributed by atoms with Crippen molar-refractivity contribution in [3.63, 3.8) is 0 Å². The Morgan fingerprint density at radius 2 is 1.74 bits per heavy atom. The highest BCUT2D eigenvalue weighted by atomic mass is 28.3. The molecule has 0 aromatic heterocycles. The smallest absolute Gasteiger partial charge is 0.243 e. The highest BCUT2D eigenvalue weighted by Crippen LogP contribution is 2.27. The van der Waals surface area contributed by atoms with Crippen LogP contribution in [0.15, 0.2) is 72.8 Å². The number of aliphatic hydroxyl groups excluding tert-OH is 1. The molecular weight excluding hydrogens is 438 g/mol. The fourth-order valence-electron chi connectivity index (χ4n) is 4.63. The van der Waals surface area contributed by atoms with Crippen molar-refractivity contribution in [3.8, 4) is 0 Å². The van der Waals surface area contributed by atoms with E-state index in [0.717, 1.165) is 18.2 Å². The summed E-state index contributed by atoms with van der Waals surface area (Å²) in [4.78, 5) is 13.7. The number of hydrogen-bond acceptors (Lipinski definition) is 4. The van der Waals surface area contributed by atoms with Crippen molar-refractivity contribution in [3.05, 3.63) is 83.9 Å². The molecule has 0 aliphatic carbocycles. The number of carbonyl (C=O) groups excluding carboxylic acids is 1. The second kappa shape index (κ2) is 11.9. The average molecular weight is 480 g/mol. The van der Waals surface area contributed by atoms with E-state index in [0.29, 0.717) is 13.0 Å². The molecule has 5 nitrogen and oxygen atoms in total. The summed E-state index contributed by atoms with van der Waals surface area (Å²) in [5.74, 6) is -0.0331. The molecule has 0 bridgehead atoms. The van der Waals surface area contributed by atoms with E-state index in [1.807, 2.05) is 56.3 Å². The van der Waals surface area contributed by atoms with E-state index in [9.17, 15) is 9.90 Å². The lowest BCUT2D eigenvalue weighted by Crippen LogP contribution is -2.64. The normalized spacial score (nSPS) is 20.8. The first kappa shape index (κ1) is 26.4. The van der Waals surface area contributed by atoms with Gasteiger partial charge in [-0.15, -0.1) is 0 Å². The Balaban J connectivity index is 1.94. The van der Waals surface area contributed by atoms with Gasteiger partial charge < -0.3 is 10.4 Å². The molecule has 34 heavy (non-hydrogen) atoms. The Kier molecular flexibility index (Phi) is 9.25. The van der Waals surface area contributed by atoms with Gasteiger partial charge in [0.2, 0.25) is 5.91 Å². The van der Waals surface area contributed by atoms with E-state index in [2.05, 4.69) is 65.3 Å². The van der Waals surface area contributed by atoms with E-state index in [1.165, 1.54) is 5.56 Å². The maximum absolute atomic E-state index is 13.7. The standard InChI is InChI=1S/C28H41N3O2Si/c1-6-27(32)25-18-13-19-26(28(33)29-22(2)24-16-11-8-12-17-24)31(25)30(21-34(3,4)5)20-23-14-9-7-10-15-23/h7-17,19,22,25-27,32H,6,18,20-21H2,1-5H3,(H,29,33)/t22-,25+,26-,27+/m1/s1. The van der Waals surface area contributed by atoms with E-state index in [4.69, 9.17) is 0 Å². The number of nitrogens with one attached hydrogen (secondary N) is 1. The van der Waals surface area contributed by atoms with Crippen LogP contribution < -0.4 is 5.32 Å². The Morgan fingerprint density at radius 3 is 2.32 bits per heavy atom. The molecule has 6 heteroatoms. The van der Waals surface area contributed by atoms with Gasteiger partial charge in [0.1, 0.15) is 6.04 Å². The van der Waals surface area contributed by atoms with Crippen LogP contribution in [0.2, 0.25) is 19.6 Å². The third-order valence-electron chi connectivity index (χ3n) is 6.30. The molecule has 1 aliphatic heterocycles. The Morgan fingerprint density at radius 1 is 1.12 bits per heavy atom. The molecule has 4 atom stereocenters. The van der Waals surface area contributed by atoms with Crippen molar-refractivity contribution in [1.82, 2.24) is 15.3 Å². The van der Waals surface area contributed by atoms with E-state index < -0.39 is 20.2 Å². The van der Waals surface area contributed by atoms with Gasteiger partial charge in [-0.2, -0.15) is 0 Å². The predicted octanol–water partition coefficient (Wildman–Crippen LogP) is 4.93. The van der Waals surface area contributed by atoms with E-state index in [1.54, 1.807) is 0 Å². The molecule has 3 rings (SSSR count). The third kappa shape index (κ3) is 7.12. The van der Waals surface area contributed by atoms with Crippen LogP contribution in [-0.4, -0.2) is 53.5 Å². The van der Waals surface area contributed by atoms with Crippen molar-refractivity contribution in [2.45, 2.75) is 77.1 Å². The van der Waals surface area contributed by atoms with Crippen LogP contribution in [-0.2, 0) is 11.3 Å². The average Bonchev–Trinajstić information content (AvgIpc) is 2.83. The monoisotopic (exact) mass is 479 g/mol. The second-order valence-corrected chi connectivity index (χ2v) is 16.0. The number of aliphatic hydroxyl groups is 1. The summed E-state index contributed by atoms with van der Waals surface area (Å²) in [6.07, 6.45) is 5.84.